The smallest absolute Gasteiger partial charge is 0.309 e. The Morgan fingerprint density at radius 3 is 2.29 bits per heavy atom. The minimum Gasteiger partial charge on any atom is -0.469 e. The maximum absolute atomic E-state index is 11.5. The topological polar surface area (TPSA) is 41.6 Å². The minimum atomic E-state index is -0.112. The van der Waals surface area contributed by atoms with E-state index in [1.807, 2.05) is 14.0 Å². The van der Waals surface area contributed by atoms with Gasteiger partial charge in [-0.15, -0.1) is 0 Å². The summed E-state index contributed by atoms with van der Waals surface area (Å²) in [6.07, 6.45) is 2.25. The van der Waals surface area contributed by atoms with E-state index in [0.717, 1.165) is 25.9 Å². The zero-order valence-electron chi connectivity index (χ0n) is 11.7. The molecule has 0 aliphatic carbocycles. The summed E-state index contributed by atoms with van der Waals surface area (Å²) in [5, 5.41) is 3.38. The number of ether oxygens (including phenoxy) is 1. The van der Waals surface area contributed by atoms with Crippen LogP contribution in [0.2, 0.25) is 0 Å². The third kappa shape index (κ3) is 3.42. The first kappa shape index (κ1) is 14.5. The second-order valence-electron chi connectivity index (χ2n) is 5.40. The average molecular weight is 242 g/mol. The summed E-state index contributed by atoms with van der Waals surface area (Å²) in [5.74, 6) is -0.168. The lowest BCUT2D eigenvalue weighted by Crippen LogP contribution is -2.53. The number of carbonyl (C=O) groups is 1. The lowest BCUT2D eigenvalue weighted by molar-refractivity contribution is -0.147. The Morgan fingerprint density at radius 2 is 1.88 bits per heavy atom. The van der Waals surface area contributed by atoms with Crippen LogP contribution in [0.3, 0.4) is 0 Å². The summed E-state index contributed by atoms with van der Waals surface area (Å²) >= 11 is 0. The summed E-state index contributed by atoms with van der Waals surface area (Å²) in [6, 6.07) is 0.254. The Morgan fingerprint density at radius 1 is 1.35 bits per heavy atom. The normalized spacial score (nSPS) is 24.1. The van der Waals surface area contributed by atoms with E-state index in [0.29, 0.717) is 0 Å². The van der Waals surface area contributed by atoms with Crippen molar-refractivity contribution >= 4 is 5.97 Å². The molecule has 100 valence electrons. The van der Waals surface area contributed by atoms with Crippen molar-refractivity contribution in [3.05, 3.63) is 0 Å². The van der Waals surface area contributed by atoms with Crippen LogP contribution in [0.25, 0.3) is 0 Å². The average Bonchev–Trinajstić information content (AvgIpc) is 2.37. The summed E-state index contributed by atoms with van der Waals surface area (Å²) in [7, 11) is 3.48. The number of nitrogens with one attached hydrogen (secondary N) is 1. The molecule has 1 rings (SSSR count). The molecule has 0 saturated carbocycles. The molecule has 1 saturated heterocycles. The highest BCUT2D eigenvalue weighted by Gasteiger charge is 2.33. The van der Waals surface area contributed by atoms with Crippen molar-refractivity contribution in [1.82, 2.24) is 10.2 Å². The van der Waals surface area contributed by atoms with Crippen molar-refractivity contribution in [2.75, 3.05) is 27.2 Å². The van der Waals surface area contributed by atoms with Crippen LogP contribution in [-0.2, 0) is 9.53 Å². The van der Waals surface area contributed by atoms with Crippen LogP contribution in [0.1, 0.15) is 33.6 Å². The largest absolute Gasteiger partial charge is 0.469 e. The molecule has 0 amide bonds. The van der Waals surface area contributed by atoms with Crippen LogP contribution < -0.4 is 5.32 Å². The number of hydrogen-bond acceptors (Lipinski definition) is 4. The molecule has 1 aliphatic heterocycles. The fraction of sp³-hybridized carbons (Fsp3) is 0.923. The first-order valence-corrected chi connectivity index (χ1v) is 6.44. The lowest BCUT2D eigenvalue weighted by Gasteiger charge is -2.42. The Labute approximate surface area is 105 Å². The highest BCUT2D eigenvalue weighted by atomic mass is 16.5. The number of nitrogens with zero attached hydrogens (tertiary/aromatic N) is 1. The summed E-state index contributed by atoms with van der Waals surface area (Å²) < 4.78 is 4.81. The SMILES string of the molecule is CNC1(C)CCN(C(C)C(C)C(=O)OC)CC1. The van der Waals surface area contributed by atoms with Crippen molar-refractivity contribution in [2.45, 2.75) is 45.2 Å². The number of rotatable bonds is 4. The predicted octanol–water partition coefficient (Wildman–Crippen LogP) is 1.26. The van der Waals surface area contributed by atoms with Crippen LogP contribution in [0.4, 0.5) is 0 Å². The molecule has 0 spiro atoms. The van der Waals surface area contributed by atoms with Gasteiger partial charge in [0.15, 0.2) is 0 Å². The van der Waals surface area contributed by atoms with Gasteiger partial charge in [-0.2, -0.15) is 0 Å². The molecule has 2 unspecified atom stereocenters. The summed E-state index contributed by atoms with van der Waals surface area (Å²) in [5.41, 5.74) is 0.255. The van der Waals surface area contributed by atoms with E-state index in [1.54, 1.807) is 0 Å². The van der Waals surface area contributed by atoms with E-state index in [-0.39, 0.29) is 23.5 Å². The van der Waals surface area contributed by atoms with Gasteiger partial charge in [-0.25, -0.2) is 0 Å². The van der Waals surface area contributed by atoms with Crippen LogP contribution in [0, 0.1) is 5.92 Å². The second-order valence-corrected chi connectivity index (χ2v) is 5.40. The van der Waals surface area contributed by atoms with Crippen molar-refractivity contribution in [3.8, 4) is 0 Å². The molecule has 0 aromatic carbocycles. The molecule has 4 heteroatoms. The van der Waals surface area contributed by atoms with Crippen LogP contribution in [0.15, 0.2) is 0 Å². The van der Waals surface area contributed by atoms with E-state index in [4.69, 9.17) is 4.74 Å². The maximum Gasteiger partial charge on any atom is 0.309 e. The van der Waals surface area contributed by atoms with Gasteiger partial charge < -0.3 is 10.1 Å². The predicted molar refractivity (Wildman–Crippen MR) is 68.9 cm³/mol. The van der Waals surface area contributed by atoms with E-state index in [9.17, 15) is 4.79 Å². The quantitative estimate of drug-likeness (QED) is 0.754. The van der Waals surface area contributed by atoms with Crippen LogP contribution in [-0.4, -0.2) is 49.7 Å². The van der Waals surface area contributed by atoms with E-state index >= 15 is 0 Å². The number of likely N-dealkylation sites (tertiary alicyclic amines) is 1. The molecule has 17 heavy (non-hydrogen) atoms. The van der Waals surface area contributed by atoms with Gasteiger partial charge in [0.2, 0.25) is 0 Å². The van der Waals surface area contributed by atoms with Gasteiger partial charge in [0.05, 0.1) is 13.0 Å². The molecule has 1 heterocycles. The lowest BCUT2D eigenvalue weighted by atomic mass is 9.88. The first-order valence-electron chi connectivity index (χ1n) is 6.44. The van der Waals surface area contributed by atoms with Crippen molar-refractivity contribution in [3.63, 3.8) is 0 Å². The van der Waals surface area contributed by atoms with Gasteiger partial charge in [-0.3, -0.25) is 9.69 Å². The van der Waals surface area contributed by atoms with Crippen molar-refractivity contribution in [2.24, 2.45) is 5.92 Å². The monoisotopic (exact) mass is 242 g/mol. The maximum atomic E-state index is 11.5. The number of methoxy groups -OCH3 is 1. The molecule has 1 N–H and O–H groups in total. The molecule has 0 bridgehead atoms. The summed E-state index contributed by atoms with van der Waals surface area (Å²) in [4.78, 5) is 13.9. The third-order valence-corrected chi connectivity index (χ3v) is 4.38. The molecule has 2 atom stereocenters. The number of carbonyl (C=O) groups excluding carboxylic acids is 1. The Kier molecular flexibility index (Phi) is 4.95. The van der Waals surface area contributed by atoms with E-state index < -0.39 is 0 Å². The first-order chi connectivity index (χ1) is 7.93. The fourth-order valence-electron chi connectivity index (χ4n) is 2.37. The van der Waals surface area contributed by atoms with Crippen molar-refractivity contribution < 1.29 is 9.53 Å². The number of piperidine rings is 1. The van der Waals surface area contributed by atoms with E-state index in [1.165, 1.54) is 7.11 Å². The van der Waals surface area contributed by atoms with Crippen LogP contribution in [0.5, 0.6) is 0 Å². The molecule has 0 aromatic heterocycles. The van der Waals surface area contributed by atoms with Gasteiger partial charge in [-0.05, 0) is 33.7 Å². The van der Waals surface area contributed by atoms with E-state index in [2.05, 4.69) is 24.1 Å². The highest BCUT2D eigenvalue weighted by Crippen LogP contribution is 2.24. The number of esters is 1. The second kappa shape index (κ2) is 5.83. The molecule has 4 nitrogen and oxygen atoms in total. The van der Waals surface area contributed by atoms with Crippen molar-refractivity contribution in [1.29, 1.82) is 0 Å². The fourth-order valence-corrected chi connectivity index (χ4v) is 2.37. The van der Waals surface area contributed by atoms with Gasteiger partial charge in [-0.1, -0.05) is 6.92 Å². The van der Waals surface area contributed by atoms with Gasteiger partial charge >= 0.3 is 5.97 Å². The van der Waals surface area contributed by atoms with Gasteiger partial charge in [0.1, 0.15) is 0 Å². The molecule has 1 aliphatic rings. The Balaban J connectivity index is 2.51. The summed E-state index contributed by atoms with van der Waals surface area (Å²) in [6.45, 7) is 8.41. The Bertz CT molecular complexity index is 260. The standard InChI is InChI=1S/C13H26N2O2/c1-10(12(16)17-5)11(2)15-8-6-13(3,14-4)7-9-15/h10-11,14H,6-9H2,1-5H3. The molecule has 1 fully saturated rings. The number of hydrogen-bond donors (Lipinski definition) is 1. The van der Waals surface area contributed by atoms with Gasteiger partial charge in [0.25, 0.3) is 0 Å². The molecular formula is C13H26N2O2. The molecule has 0 radical (unpaired) electrons. The minimum absolute atomic E-state index is 0.0565. The third-order valence-electron chi connectivity index (χ3n) is 4.38. The zero-order valence-corrected chi connectivity index (χ0v) is 11.7. The molecular weight excluding hydrogens is 216 g/mol. The highest BCUT2D eigenvalue weighted by molar-refractivity contribution is 5.72. The van der Waals surface area contributed by atoms with Gasteiger partial charge in [0, 0.05) is 24.7 Å². The zero-order chi connectivity index (χ0) is 13.1. The van der Waals surface area contributed by atoms with Crippen LogP contribution >= 0.6 is 0 Å². The Hall–Kier alpha value is -0.610. The molecule has 0 aromatic rings.